The van der Waals surface area contributed by atoms with Crippen LogP contribution in [0.1, 0.15) is 18.6 Å². The summed E-state index contributed by atoms with van der Waals surface area (Å²) in [6.45, 7) is 1.59. The third-order valence-electron chi connectivity index (χ3n) is 2.17. The van der Waals surface area contributed by atoms with E-state index in [2.05, 4.69) is 11.2 Å². The zero-order valence-corrected chi connectivity index (χ0v) is 10.7. The van der Waals surface area contributed by atoms with Crippen molar-refractivity contribution in [1.29, 1.82) is 0 Å². The molecule has 0 radical (unpaired) electrons. The van der Waals surface area contributed by atoms with Gasteiger partial charge in [-0.15, -0.1) is 6.42 Å². The normalized spacial score (nSPS) is 11.4. The molecule has 0 fully saturated rings. The Morgan fingerprint density at radius 3 is 3.00 bits per heavy atom. The molecule has 1 aromatic rings. The van der Waals surface area contributed by atoms with Crippen LogP contribution in [0.15, 0.2) is 18.2 Å². The molecule has 96 valence electrons. The van der Waals surface area contributed by atoms with Gasteiger partial charge in [-0.3, -0.25) is 4.79 Å². The van der Waals surface area contributed by atoms with Gasteiger partial charge in [0.25, 0.3) is 5.91 Å². The lowest BCUT2D eigenvalue weighted by Gasteiger charge is -2.13. The number of aliphatic hydroxyl groups excluding tert-OH is 1. The van der Waals surface area contributed by atoms with E-state index < -0.39 is 6.10 Å². The van der Waals surface area contributed by atoms with E-state index in [9.17, 15) is 9.90 Å². The molecule has 1 unspecified atom stereocenters. The fourth-order valence-electron chi connectivity index (χ4n) is 1.32. The molecule has 0 saturated heterocycles. The maximum absolute atomic E-state index is 11.3. The molecule has 0 aromatic heterocycles. The van der Waals surface area contributed by atoms with E-state index in [4.69, 9.17) is 22.8 Å². The molecule has 1 aromatic carbocycles. The summed E-state index contributed by atoms with van der Waals surface area (Å²) in [6.07, 6.45) is 4.28. The van der Waals surface area contributed by atoms with Crippen LogP contribution in [0, 0.1) is 12.3 Å². The van der Waals surface area contributed by atoms with Crippen molar-refractivity contribution in [1.82, 2.24) is 5.32 Å². The number of aliphatic hydroxyl groups is 1. The average molecular weight is 268 g/mol. The van der Waals surface area contributed by atoms with Gasteiger partial charge in [0, 0.05) is 10.6 Å². The molecule has 0 aliphatic carbocycles. The lowest BCUT2D eigenvalue weighted by Crippen LogP contribution is -2.29. The van der Waals surface area contributed by atoms with Gasteiger partial charge in [-0.25, -0.2) is 0 Å². The van der Waals surface area contributed by atoms with Crippen LogP contribution in [0.2, 0.25) is 5.02 Å². The largest absolute Gasteiger partial charge is 0.483 e. The van der Waals surface area contributed by atoms with Crippen molar-refractivity contribution in [2.24, 2.45) is 0 Å². The van der Waals surface area contributed by atoms with Crippen molar-refractivity contribution < 1.29 is 14.6 Å². The molecule has 2 N–H and O–H groups in total. The summed E-state index contributed by atoms with van der Waals surface area (Å²) in [4.78, 5) is 11.3. The van der Waals surface area contributed by atoms with Crippen LogP contribution < -0.4 is 10.1 Å². The Morgan fingerprint density at radius 1 is 1.67 bits per heavy atom. The number of terminal acetylenes is 1. The smallest absolute Gasteiger partial charge is 0.258 e. The van der Waals surface area contributed by atoms with E-state index in [0.29, 0.717) is 16.3 Å². The highest BCUT2D eigenvalue weighted by atomic mass is 35.5. The summed E-state index contributed by atoms with van der Waals surface area (Å²) < 4.78 is 5.31. The number of halogens is 1. The van der Waals surface area contributed by atoms with Crippen molar-refractivity contribution in [3.05, 3.63) is 28.8 Å². The molecule has 5 heteroatoms. The van der Waals surface area contributed by atoms with Gasteiger partial charge < -0.3 is 15.2 Å². The highest BCUT2D eigenvalue weighted by Gasteiger charge is 2.11. The summed E-state index contributed by atoms with van der Waals surface area (Å²) >= 11 is 5.82. The first-order chi connectivity index (χ1) is 8.54. The number of amides is 1. The number of benzene rings is 1. The van der Waals surface area contributed by atoms with Gasteiger partial charge in [0.1, 0.15) is 5.75 Å². The van der Waals surface area contributed by atoms with Crippen LogP contribution in [-0.2, 0) is 4.79 Å². The Morgan fingerprint density at radius 2 is 2.39 bits per heavy atom. The van der Waals surface area contributed by atoms with Crippen molar-refractivity contribution in [2.75, 3.05) is 13.2 Å². The van der Waals surface area contributed by atoms with Crippen LogP contribution in [0.25, 0.3) is 0 Å². The monoisotopic (exact) mass is 267 g/mol. The van der Waals surface area contributed by atoms with Crippen LogP contribution in [0.4, 0.5) is 0 Å². The zero-order chi connectivity index (χ0) is 13.5. The predicted molar refractivity (Wildman–Crippen MR) is 69.4 cm³/mol. The SMILES string of the molecule is C#CCNC(=O)COc1ccc(Cl)cc1C(C)O. The second-order valence-electron chi connectivity index (χ2n) is 3.63. The lowest BCUT2D eigenvalue weighted by molar-refractivity contribution is -0.122. The summed E-state index contributed by atoms with van der Waals surface area (Å²) in [7, 11) is 0. The Kier molecular flexibility index (Phi) is 5.50. The van der Waals surface area contributed by atoms with Gasteiger partial charge in [0.15, 0.2) is 6.61 Å². The third-order valence-corrected chi connectivity index (χ3v) is 2.40. The van der Waals surface area contributed by atoms with Crippen molar-refractivity contribution in [3.8, 4) is 18.1 Å². The first-order valence-corrected chi connectivity index (χ1v) is 5.73. The molecule has 4 nitrogen and oxygen atoms in total. The summed E-state index contributed by atoms with van der Waals surface area (Å²) in [5, 5.41) is 12.5. The second kappa shape index (κ2) is 6.90. The molecular formula is C13H14ClNO3. The van der Waals surface area contributed by atoms with Gasteiger partial charge in [-0.05, 0) is 25.1 Å². The second-order valence-corrected chi connectivity index (χ2v) is 4.06. The molecule has 0 bridgehead atoms. The number of ether oxygens (including phenoxy) is 1. The number of hydrogen-bond donors (Lipinski definition) is 2. The molecule has 1 atom stereocenters. The molecular weight excluding hydrogens is 254 g/mol. The highest BCUT2D eigenvalue weighted by molar-refractivity contribution is 6.30. The third kappa shape index (κ3) is 4.28. The van der Waals surface area contributed by atoms with E-state index in [1.807, 2.05) is 0 Å². The van der Waals surface area contributed by atoms with E-state index in [1.165, 1.54) is 0 Å². The van der Waals surface area contributed by atoms with Gasteiger partial charge >= 0.3 is 0 Å². The Balaban J connectivity index is 2.67. The minimum Gasteiger partial charge on any atom is -0.483 e. The number of carbonyl (C=O) groups excluding carboxylic acids is 1. The van der Waals surface area contributed by atoms with E-state index in [1.54, 1.807) is 25.1 Å². The summed E-state index contributed by atoms with van der Waals surface area (Å²) in [5.41, 5.74) is 0.534. The predicted octanol–water partition coefficient (Wildman–Crippen LogP) is 1.52. The van der Waals surface area contributed by atoms with E-state index in [0.717, 1.165) is 0 Å². The summed E-state index contributed by atoms with van der Waals surface area (Å²) in [6, 6.07) is 4.84. The molecule has 1 rings (SSSR count). The van der Waals surface area contributed by atoms with Crippen LogP contribution in [-0.4, -0.2) is 24.2 Å². The average Bonchev–Trinajstić information content (AvgIpc) is 2.34. The van der Waals surface area contributed by atoms with E-state index >= 15 is 0 Å². The number of carbonyl (C=O) groups is 1. The lowest BCUT2D eigenvalue weighted by atomic mass is 10.1. The molecule has 0 heterocycles. The molecule has 0 aliphatic rings. The minimum atomic E-state index is -0.729. The molecule has 0 aliphatic heterocycles. The first kappa shape index (κ1) is 14.4. The van der Waals surface area contributed by atoms with Crippen molar-refractivity contribution in [3.63, 3.8) is 0 Å². The van der Waals surface area contributed by atoms with Crippen LogP contribution in [0.3, 0.4) is 0 Å². The number of rotatable bonds is 5. The number of hydrogen-bond acceptors (Lipinski definition) is 3. The molecule has 0 spiro atoms. The van der Waals surface area contributed by atoms with Crippen LogP contribution >= 0.6 is 11.6 Å². The summed E-state index contributed by atoms with van der Waals surface area (Å²) in [5.74, 6) is 2.39. The quantitative estimate of drug-likeness (QED) is 0.796. The Labute approximate surface area is 111 Å². The number of nitrogens with one attached hydrogen (secondary N) is 1. The maximum atomic E-state index is 11.3. The van der Waals surface area contributed by atoms with Gasteiger partial charge in [-0.2, -0.15) is 0 Å². The van der Waals surface area contributed by atoms with Gasteiger partial charge in [0.05, 0.1) is 12.6 Å². The topological polar surface area (TPSA) is 58.6 Å². The van der Waals surface area contributed by atoms with Crippen molar-refractivity contribution >= 4 is 17.5 Å². The zero-order valence-electron chi connectivity index (χ0n) is 9.94. The van der Waals surface area contributed by atoms with Crippen molar-refractivity contribution in [2.45, 2.75) is 13.0 Å². The molecule has 1 amide bonds. The minimum absolute atomic E-state index is 0.159. The maximum Gasteiger partial charge on any atom is 0.258 e. The van der Waals surface area contributed by atoms with Crippen LogP contribution in [0.5, 0.6) is 5.75 Å². The fraction of sp³-hybridized carbons (Fsp3) is 0.308. The van der Waals surface area contributed by atoms with Gasteiger partial charge in [0.2, 0.25) is 0 Å². The van der Waals surface area contributed by atoms with Gasteiger partial charge in [-0.1, -0.05) is 17.5 Å². The Bertz CT molecular complexity index is 466. The fourth-order valence-corrected chi connectivity index (χ4v) is 1.50. The molecule has 0 saturated carbocycles. The first-order valence-electron chi connectivity index (χ1n) is 5.35. The molecule has 18 heavy (non-hydrogen) atoms. The van der Waals surface area contributed by atoms with E-state index in [-0.39, 0.29) is 19.1 Å². The standard InChI is InChI=1S/C13H14ClNO3/c1-3-6-15-13(17)8-18-12-5-4-10(14)7-11(12)9(2)16/h1,4-5,7,9,16H,6,8H2,2H3,(H,15,17). The Hall–Kier alpha value is -1.70. The highest BCUT2D eigenvalue weighted by Crippen LogP contribution is 2.28.